The van der Waals surface area contributed by atoms with Crippen molar-refractivity contribution in [2.75, 3.05) is 5.32 Å². The normalized spacial score (nSPS) is 12.9. The number of benzene rings is 1. The van der Waals surface area contributed by atoms with Gasteiger partial charge in [0.15, 0.2) is 0 Å². The van der Waals surface area contributed by atoms with Gasteiger partial charge in [-0.1, -0.05) is 32.9 Å². The van der Waals surface area contributed by atoms with E-state index in [-0.39, 0.29) is 11.5 Å². The third kappa shape index (κ3) is 5.04. The summed E-state index contributed by atoms with van der Waals surface area (Å²) in [6, 6.07) is 7.32. The number of nitrogens with one attached hydrogen (secondary N) is 2. The van der Waals surface area contributed by atoms with Crippen molar-refractivity contribution in [2.45, 2.75) is 45.7 Å². The molecule has 124 valence electrons. The average molecular weight is 332 g/mol. The SMILES string of the molecule is CC(NCc1cnc(C(C)(C)C)s1)c1ccc(NC(N)=O)cc1. The second kappa shape index (κ2) is 7.10. The van der Waals surface area contributed by atoms with Gasteiger partial charge in [-0.15, -0.1) is 11.3 Å². The zero-order valence-electron chi connectivity index (χ0n) is 14.0. The maximum atomic E-state index is 10.8. The van der Waals surface area contributed by atoms with E-state index in [0.717, 1.165) is 17.1 Å². The Labute approximate surface area is 141 Å². The van der Waals surface area contributed by atoms with Crippen LogP contribution in [0.15, 0.2) is 30.5 Å². The first-order valence-electron chi connectivity index (χ1n) is 7.60. The number of rotatable bonds is 5. The van der Waals surface area contributed by atoms with Crippen molar-refractivity contribution in [2.24, 2.45) is 5.73 Å². The van der Waals surface area contributed by atoms with Crippen molar-refractivity contribution in [3.8, 4) is 0 Å². The molecule has 0 radical (unpaired) electrons. The monoisotopic (exact) mass is 332 g/mol. The van der Waals surface area contributed by atoms with Gasteiger partial charge in [-0.25, -0.2) is 9.78 Å². The molecule has 0 saturated heterocycles. The lowest BCUT2D eigenvalue weighted by atomic mass is 9.98. The van der Waals surface area contributed by atoms with Gasteiger partial charge in [0.05, 0.1) is 5.01 Å². The van der Waals surface area contributed by atoms with E-state index >= 15 is 0 Å². The highest BCUT2D eigenvalue weighted by Gasteiger charge is 2.18. The predicted octanol–water partition coefficient (Wildman–Crippen LogP) is 3.78. The summed E-state index contributed by atoms with van der Waals surface area (Å²) < 4.78 is 0. The Kier molecular flexibility index (Phi) is 5.38. The van der Waals surface area contributed by atoms with E-state index in [1.807, 2.05) is 30.5 Å². The predicted molar refractivity (Wildman–Crippen MR) is 95.7 cm³/mol. The lowest BCUT2D eigenvalue weighted by Gasteiger charge is -2.15. The van der Waals surface area contributed by atoms with Gasteiger partial charge in [0.1, 0.15) is 0 Å². The lowest BCUT2D eigenvalue weighted by Crippen LogP contribution is -2.20. The summed E-state index contributed by atoms with van der Waals surface area (Å²) in [4.78, 5) is 16.5. The summed E-state index contributed by atoms with van der Waals surface area (Å²) in [5, 5.41) is 7.21. The van der Waals surface area contributed by atoms with E-state index in [4.69, 9.17) is 5.73 Å². The van der Waals surface area contributed by atoms with Crippen LogP contribution < -0.4 is 16.4 Å². The van der Waals surface area contributed by atoms with Gasteiger partial charge in [-0.05, 0) is 24.6 Å². The highest BCUT2D eigenvalue weighted by Crippen LogP contribution is 2.27. The molecule has 23 heavy (non-hydrogen) atoms. The molecular weight excluding hydrogens is 308 g/mol. The number of anilines is 1. The number of hydrogen-bond acceptors (Lipinski definition) is 4. The van der Waals surface area contributed by atoms with Crippen molar-refractivity contribution >= 4 is 23.1 Å². The van der Waals surface area contributed by atoms with Gasteiger partial charge in [0.25, 0.3) is 0 Å². The molecule has 1 unspecified atom stereocenters. The molecule has 2 rings (SSSR count). The number of amides is 2. The second-order valence-corrected chi connectivity index (χ2v) is 7.71. The molecule has 1 heterocycles. The number of nitrogens with two attached hydrogens (primary N) is 1. The number of aromatic nitrogens is 1. The maximum absolute atomic E-state index is 10.8. The first kappa shape index (κ1) is 17.4. The van der Waals surface area contributed by atoms with Crippen molar-refractivity contribution in [3.05, 3.63) is 45.9 Å². The maximum Gasteiger partial charge on any atom is 0.316 e. The van der Waals surface area contributed by atoms with E-state index in [9.17, 15) is 4.79 Å². The summed E-state index contributed by atoms with van der Waals surface area (Å²) in [5.41, 5.74) is 7.05. The molecule has 0 bridgehead atoms. The summed E-state index contributed by atoms with van der Waals surface area (Å²) in [6.45, 7) is 9.42. The van der Waals surface area contributed by atoms with E-state index < -0.39 is 6.03 Å². The van der Waals surface area contributed by atoms with Crippen LogP contribution in [-0.4, -0.2) is 11.0 Å². The molecule has 6 heteroatoms. The molecule has 1 aromatic carbocycles. The van der Waals surface area contributed by atoms with Gasteiger partial charge in [0, 0.05) is 34.8 Å². The van der Waals surface area contributed by atoms with Gasteiger partial charge >= 0.3 is 6.03 Å². The largest absolute Gasteiger partial charge is 0.351 e. The molecule has 1 atom stereocenters. The Morgan fingerprint density at radius 1 is 1.30 bits per heavy atom. The standard InChI is InChI=1S/C17H24N4OS/c1-11(12-5-7-13(8-6-12)21-16(18)22)19-9-14-10-20-15(23-14)17(2,3)4/h5-8,10-11,19H,9H2,1-4H3,(H3,18,21,22). The number of thiazole rings is 1. The number of carbonyl (C=O) groups excluding carboxylic acids is 1. The van der Waals surface area contributed by atoms with Crippen LogP contribution in [-0.2, 0) is 12.0 Å². The molecule has 0 saturated carbocycles. The number of nitrogens with zero attached hydrogens (tertiary/aromatic N) is 1. The first-order chi connectivity index (χ1) is 10.8. The molecular formula is C17H24N4OS. The smallest absolute Gasteiger partial charge is 0.316 e. The fourth-order valence-electron chi connectivity index (χ4n) is 2.10. The molecule has 1 aromatic heterocycles. The summed E-state index contributed by atoms with van der Waals surface area (Å²) in [5.74, 6) is 0. The molecule has 0 aliphatic heterocycles. The fourth-order valence-corrected chi connectivity index (χ4v) is 3.03. The van der Waals surface area contributed by atoms with Crippen LogP contribution in [0, 0.1) is 0 Å². The summed E-state index contributed by atoms with van der Waals surface area (Å²) in [6.07, 6.45) is 1.95. The average Bonchev–Trinajstić information content (AvgIpc) is 2.94. The number of carbonyl (C=O) groups is 1. The van der Waals surface area contributed by atoms with Gasteiger partial charge in [-0.2, -0.15) is 0 Å². The Bertz CT molecular complexity index is 658. The van der Waals surface area contributed by atoms with Crippen LogP contribution in [0.4, 0.5) is 10.5 Å². The minimum absolute atomic E-state index is 0.0950. The Morgan fingerprint density at radius 2 is 1.96 bits per heavy atom. The van der Waals surface area contributed by atoms with Crippen LogP contribution in [0.2, 0.25) is 0 Å². The van der Waals surface area contributed by atoms with E-state index in [2.05, 4.69) is 43.3 Å². The molecule has 2 aromatic rings. The molecule has 0 fully saturated rings. The quantitative estimate of drug-likeness (QED) is 0.779. The third-order valence-electron chi connectivity index (χ3n) is 3.46. The molecule has 0 spiro atoms. The second-order valence-electron chi connectivity index (χ2n) is 6.60. The third-order valence-corrected chi connectivity index (χ3v) is 4.88. The van der Waals surface area contributed by atoms with Crippen LogP contribution in [0.3, 0.4) is 0 Å². The van der Waals surface area contributed by atoms with Crippen LogP contribution >= 0.6 is 11.3 Å². The van der Waals surface area contributed by atoms with Crippen LogP contribution in [0.1, 0.15) is 49.2 Å². The minimum atomic E-state index is -0.552. The zero-order valence-corrected chi connectivity index (χ0v) is 14.8. The number of primary amides is 1. The Hall–Kier alpha value is -1.92. The number of urea groups is 1. The van der Waals surface area contributed by atoms with Gasteiger partial charge in [-0.3, -0.25) is 0 Å². The van der Waals surface area contributed by atoms with Crippen molar-refractivity contribution in [1.29, 1.82) is 0 Å². The molecule has 2 amide bonds. The fraction of sp³-hybridized carbons (Fsp3) is 0.412. The molecule has 0 aliphatic rings. The van der Waals surface area contributed by atoms with Crippen LogP contribution in [0.5, 0.6) is 0 Å². The van der Waals surface area contributed by atoms with E-state index in [1.165, 1.54) is 4.88 Å². The Morgan fingerprint density at radius 3 is 2.48 bits per heavy atom. The molecule has 5 nitrogen and oxygen atoms in total. The topological polar surface area (TPSA) is 80.0 Å². The number of hydrogen-bond donors (Lipinski definition) is 3. The van der Waals surface area contributed by atoms with Gasteiger partial charge in [0.2, 0.25) is 0 Å². The summed E-state index contributed by atoms with van der Waals surface area (Å²) >= 11 is 1.75. The first-order valence-corrected chi connectivity index (χ1v) is 8.42. The molecule has 4 N–H and O–H groups in total. The summed E-state index contributed by atoms with van der Waals surface area (Å²) in [7, 11) is 0. The lowest BCUT2D eigenvalue weighted by molar-refractivity contribution is 0.259. The minimum Gasteiger partial charge on any atom is -0.351 e. The van der Waals surface area contributed by atoms with Crippen LogP contribution in [0.25, 0.3) is 0 Å². The van der Waals surface area contributed by atoms with E-state index in [1.54, 1.807) is 11.3 Å². The van der Waals surface area contributed by atoms with Gasteiger partial charge < -0.3 is 16.4 Å². The highest BCUT2D eigenvalue weighted by atomic mass is 32.1. The van der Waals surface area contributed by atoms with Crippen molar-refractivity contribution < 1.29 is 4.79 Å². The zero-order chi connectivity index (χ0) is 17.0. The Balaban J connectivity index is 1.93. The van der Waals surface area contributed by atoms with E-state index in [0.29, 0.717) is 5.69 Å². The highest BCUT2D eigenvalue weighted by molar-refractivity contribution is 7.11. The van der Waals surface area contributed by atoms with Crippen molar-refractivity contribution in [1.82, 2.24) is 10.3 Å². The van der Waals surface area contributed by atoms with Crippen molar-refractivity contribution in [3.63, 3.8) is 0 Å². The molecule has 0 aliphatic carbocycles.